The summed E-state index contributed by atoms with van der Waals surface area (Å²) >= 11 is 0. The lowest BCUT2D eigenvalue weighted by molar-refractivity contribution is 0.392. The van der Waals surface area contributed by atoms with Crippen LogP contribution in [0.15, 0.2) is 30.3 Å². The Morgan fingerprint density at radius 3 is 2.26 bits per heavy atom. The number of nitrogens with one attached hydrogen (secondary N) is 1. The second-order valence-corrected chi connectivity index (χ2v) is 6.64. The molecule has 1 unspecified atom stereocenters. The van der Waals surface area contributed by atoms with E-state index in [2.05, 4.69) is 18.6 Å². The Labute approximate surface area is 116 Å². The SMILES string of the molecule is CCC(CC)C(N)CNS(=O)(=O)Cc1ccccc1. The number of sulfonamides is 1. The molecular weight excluding hydrogens is 260 g/mol. The van der Waals surface area contributed by atoms with Crippen LogP contribution in [0.5, 0.6) is 0 Å². The van der Waals surface area contributed by atoms with E-state index in [0.717, 1.165) is 18.4 Å². The molecule has 1 aromatic rings. The Bertz CT molecular complexity index is 456. The van der Waals surface area contributed by atoms with Crippen LogP contribution in [0.25, 0.3) is 0 Å². The van der Waals surface area contributed by atoms with Gasteiger partial charge in [-0.1, -0.05) is 57.0 Å². The van der Waals surface area contributed by atoms with Crippen molar-refractivity contribution in [1.29, 1.82) is 0 Å². The molecular formula is C14H24N2O2S. The first-order chi connectivity index (χ1) is 8.98. The molecule has 0 saturated carbocycles. The summed E-state index contributed by atoms with van der Waals surface area (Å²) in [5.41, 5.74) is 6.80. The van der Waals surface area contributed by atoms with Crippen LogP contribution in [0.1, 0.15) is 32.3 Å². The summed E-state index contributed by atoms with van der Waals surface area (Å²) in [5.74, 6) is 0.364. The third-order valence-electron chi connectivity index (χ3n) is 3.39. The monoisotopic (exact) mass is 284 g/mol. The van der Waals surface area contributed by atoms with Crippen LogP contribution in [0, 0.1) is 5.92 Å². The number of hydrogen-bond acceptors (Lipinski definition) is 3. The Morgan fingerprint density at radius 2 is 1.74 bits per heavy atom. The maximum Gasteiger partial charge on any atom is 0.215 e. The molecule has 5 heteroatoms. The standard InChI is InChI=1S/C14H24N2O2S/c1-3-13(4-2)14(15)10-16-19(17,18)11-12-8-6-5-7-9-12/h5-9,13-14,16H,3-4,10-11,15H2,1-2H3. The van der Waals surface area contributed by atoms with Crippen molar-refractivity contribution in [3.05, 3.63) is 35.9 Å². The molecule has 0 amide bonds. The van der Waals surface area contributed by atoms with Crippen molar-refractivity contribution in [3.8, 4) is 0 Å². The zero-order chi connectivity index (χ0) is 14.3. The fraction of sp³-hybridized carbons (Fsp3) is 0.571. The van der Waals surface area contributed by atoms with E-state index in [1.807, 2.05) is 18.2 Å². The van der Waals surface area contributed by atoms with Gasteiger partial charge in [0.1, 0.15) is 0 Å². The normalized spacial score (nSPS) is 13.7. The van der Waals surface area contributed by atoms with Crippen LogP contribution in [0.4, 0.5) is 0 Å². The van der Waals surface area contributed by atoms with E-state index in [4.69, 9.17) is 5.73 Å². The van der Waals surface area contributed by atoms with Crippen molar-refractivity contribution in [2.45, 2.75) is 38.5 Å². The van der Waals surface area contributed by atoms with E-state index in [1.54, 1.807) is 12.1 Å². The van der Waals surface area contributed by atoms with Crippen LogP contribution in [-0.4, -0.2) is 21.0 Å². The average Bonchev–Trinajstić information content (AvgIpc) is 2.38. The summed E-state index contributed by atoms with van der Waals surface area (Å²) in [6.45, 7) is 4.46. The molecule has 0 aromatic heterocycles. The topological polar surface area (TPSA) is 72.2 Å². The van der Waals surface area contributed by atoms with Crippen molar-refractivity contribution < 1.29 is 8.42 Å². The van der Waals surface area contributed by atoms with Crippen molar-refractivity contribution >= 4 is 10.0 Å². The Morgan fingerprint density at radius 1 is 1.16 bits per heavy atom. The zero-order valence-electron chi connectivity index (χ0n) is 11.7. The molecule has 0 fully saturated rings. The van der Waals surface area contributed by atoms with Crippen LogP contribution in [0.2, 0.25) is 0 Å². The molecule has 108 valence electrons. The van der Waals surface area contributed by atoms with Gasteiger partial charge in [0.15, 0.2) is 0 Å². The third-order valence-corrected chi connectivity index (χ3v) is 4.71. The van der Waals surface area contributed by atoms with Gasteiger partial charge in [-0.05, 0) is 11.5 Å². The van der Waals surface area contributed by atoms with Crippen molar-refractivity contribution in [2.24, 2.45) is 11.7 Å². The minimum absolute atomic E-state index is 0.00345. The molecule has 1 rings (SSSR count). The van der Waals surface area contributed by atoms with Gasteiger partial charge in [0.05, 0.1) is 5.75 Å². The Kier molecular flexibility index (Phi) is 6.48. The minimum Gasteiger partial charge on any atom is -0.326 e. The molecule has 1 aromatic carbocycles. The van der Waals surface area contributed by atoms with E-state index in [-0.39, 0.29) is 11.8 Å². The second kappa shape index (κ2) is 7.62. The van der Waals surface area contributed by atoms with E-state index >= 15 is 0 Å². The minimum atomic E-state index is -3.31. The quantitative estimate of drug-likeness (QED) is 0.765. The molecule has 1 atom stereocenters. The summed E-state index contributed by atoms with van der Waals surface area (Å²) in [6, 6.07) is 9.02. The molecule has 0 bridgehead atoms. The molecule has 3 N–H and O–H groups in total. The van der Waals surface area contributed by atoms with Gasteiger partial charge in [0.25, 0.3) is 0 Å². The molecule has 0 spiro atoms. The van der Waals surface area contributed by atoms with Crippen molar-refractivity contribution in [2.75, 3.05) is 6.54 Å². The molecule has 0 radical (unpaired) electrons. The molecule has 19 heavy (non-hydrogen) atoms. The predicted molar refractivity (Wildman–Crippen MR) is 79.1 cm³/mol. The van der Waals surface area contributed by atoms with Gasteiger partial charge in [-0.15, -0.1) is 0 Å². The zero-order valence-corrected chi connectivity index (χ0v) is 12.5. The molecule has 0 aliphatic rings. The van der Waals surface area contributed by atoms with Gasteiger partial charge in [0.2, 0.25) is 10.0 Å². The second-order valence-electron chi connectivity index (χ2n) is 4.83. The van der Waals surface area contributed by atoms with Crippen LogP contribution in [0.3, 0.4) is 0 Å². The Balaban J connectivity index is 2.52. The van der Waals surface area contributed by atoms with Crippen LogP contribution >= 0.6 is 0 Å². The molecule has 0 aliphatic heterocycles. The number of hydrogen-bond donors (Lipinski definition) is 2. The highest BCUT2D eigenvalue weighted by atomic mass is 32.2. The average molecular weight is 284 g/mol. The summed E-state index contributed by atoms with van der Waals surface area (Å²) in [6.07, 6.45) is 1.94. The highest BCUT2D eigenvalue weighted by Crippen LogP contribution is 2.11. The predicted octanol–water partition coefficient (Wildman–Crippen LogP) is 1.87. The first-order valence-electron chi connectivity index (χ1n) is 6.75. The Hall–Kier alpha value is -0.910. The maximum absolute atomic E-state index is 11.9. The van der Waals surface area contributed by atoms with E-state index in [1.165, 1.54) is 0 Å². The number of benzene rings is 1. The molecule has 0 saturated heterocycles. The lowest BCUT2D eigenvalue weighted by Gasteiger charge is -2.21. The van der Waals surface area contributed by atoms with Gasteiger partial charge in [-0.2, -0.15) is 0 Å². The first kappa shape index (κ1) is 16.1. The van der Waals surface area contributed by atoms with Crippen LogP contribution < -0.4 is 10.5 Å². The lowest BCUT2D eigenvalue weighted by atomic mass is 9.95. The summed E-state index contributed by atoms with van der Waals surface area (Å²) in [4.78, 5) is 0. The fourth-order valence-corrected chi connectivity index (χ4v) is 3.31. The maximum atomic E-state index is 11.9. The van der Waals surface area contributed by atoms with Crippen LogP contribution in [-0.2, 0) is 15.8 Å². The summed E-state index contributed by atoms with van der Waals surface area (Å²) in [5, 5.41) is 0. The van der Waals surface area contributed by atoms with Gasteiger partial charge in [-0.25, -0.2) is 13.1 Å². The van der Waals surface area contributed by atoms with E-state index in [0.29, 0.717) is 12.5 Å². The third kappa shape index (κ3) is 5.72. The van der Waals surface area contributed by atoms with Gasteiger partial charge in [-0.3, -0.25) is 0 Å². The molecule has 4 nitrogen and oxygen atoms in total. The van der Waals surface area contributed by atoms with Crippen molar-refractivity contribution in [1.82, 2.24) is 4.72 Å². The van der Waals surface area contributed by atoms with E-state index in [9.17, 15) is 8.42 Å². The highest BCUT2D eigenvalue weighted by molar-refractivity contribution is 7.88. The molecule has 0 aliphatic carbocycles. The number of nitrogens with two attached hydrogens (primary N) is 1. The highest BCUT2D eigenvalue weighted by Gasteiger charge is 2.17. The largest absolute Gasteiger partial charge is 0.326 e. The van der Waals surface area contributed by atoms with Crippen molar-refractivity contribution in [3.63, 3.8) is 0 Å². The molecule has 0 heterocycles. The number of rotatable bonds is 8. The fourth-order valence-electron chi connectivity index (χ4n) is 2.13. The van der Waals surface area contributed by atoms with E-state index < -0.39 is 10.0 Å². The first-order valence-corrected chi connectivity index (χ1v) is 8.40. The lowest BCUT2D eigenvalue weighted by Crippen LogP contribution is -2.42. The van der Waals surface area contributed by atoms with Gasteiger partial charge >= 0.3 is 0 Å². The smallest absolute Gasteiger partial charge is 0.215 e. The van der Waals surface area contributed by atoms with Gasteiger partial charge in [0, 0.05) is 12.6 Å². The summed E-state index contributed by atoms with van der Waals surface area (Å²) < 4.78 is 26.5. The summed E-state index contributed by atoms with van der Waals surface area (Å²) in [7, 11) is -3.31. The van der Waals surface area contributed by atoms with Gasteiger partial charge < -0.3 is 5.73 Å².